The molecule has 0 unspecified atom stereocenters. The highest BCUT2D eigenvalue weighted by molar-refractivity contribution is 5.94. The number of halogens is 1. The Morgan fingerprint density at radius 1 is 1.44 bits per heavy atom. The standard InChI is InChI=1S/C12H17FN2O/c1-12(2,7-8-14)11(16)15-10-6-4-3-5-9(10)13/h3-6H,7-8,14H2,1-2H3,(H,15,16). The van der Waals surface area contributed by atoms with Gasteiger partial charge in [0.05, 0.1) is 5.69 Å². The quantitative estimate of drug-likeness (QED) is 0.823. The summed E-state index contributed by atoms with van der Waals surface area (Å²) in [6.07, 6.45) is 0.563. The van der Waals surface area contributed by atoms with Gasteiger partial charge in [-0.15, -0.1) is 0 Å². The molecule has 0 fully saturated rings. The molecule has 3 N–H and O–H groups in total. The van der Waals surface area contributed by atoms with Crippen LogP contribution < -0.4 is 11.1 Å². The van der Waals surface area contributed by atoms with Crippen molar-refractivity contribution < 1.29 is 9.18 Å². The van der Waals surface area contributed by atoms with Crippen LogP contribution in [0.4, 0.5) is 10.1 Å². The monoisotopic (exact) mass is 224 g/mol. The number of hydrogen-bond acceptors (Lipinski definition) is 2. The molecule has 1 aromatic rings. The number of nitrogens with two attached hydrogens (primary N) is 1. The van der Waals surface area contributed by atoms with Gasteiger partial charge in [0.15, 0.2) is 0 Å². The summed E-state index contributed by atoms with van der Waals surface area (Å²) in [7, 11) is 0. The van der Waals surface area contributed by atoms with Crippen LogP contribution in [-0.2, 0) is 4.79 Å². The maximum absolute atomic E-state index is 13.3. The number of benzene rings is 1. The molecule has 0 saturated heterocycles. The number of anilines is 1. The van der Waals surface area contributed by atoms with E-state index in [-0.39, 0.29) is 11.6 Å². The third kappa shape index (κ3) is 3.03. The number of para-hydroxylation sites is 1. The van der Waals surface area contributed by atoms with E-state index in [1.54, 1.807) is 26.0 Å². The molecular formula is C12H17FN2O. The Labute approximate surface area is 94.8 Å². The van der Waals surface area contributed by atoms with Crippen LogP contribution in [0.15, 0.2) is 24.3 Å². The van der Waals surface area contributed by atoms with Crippen LogP contribution in [0, 0.1) is 11.2 Å². The predicted octanol–water partition coefficient (Wildman–Crippen LogP) is 2.14. The lowest BCUT2D eigenvalue weighted by atomic mass is 9.88. The molecule has 4 heteroatoms. The number of rotatable bonds is 4. The van der Waals surface area contributed by atoms with Crippen molar-refractivity contribution in [1.29, 1.82) is 0 Å². The van der Waals surface area contributed by atoms with Crippen molar-refractivity contribution in [2.45, 2.75) is 20.3 Å². The fourth-order valence-electron chi connectivity index (χ4n) is 1.33. The fraction of sp³-hybridized carbons (Fsp3) is 0.417. The molecule has 0 aliphatic heterocycles. The van der Waals surface area contributed by atoms with Gasteiger partial charge in [-0.3, -0.25) is 4.79 Å². The molecule has 88 valence electrons. The van der Waals surface area contributed by atoms with Crippen LogP contribution in [0.3, 0.4) is 0 Å². The molecule has 0 aromatic heterocycles. The first-order valence-electron chi connectivity index (χ1n) is 5.23. The van der Waals surface area contributed by atoms with Gasteiger partial charge in [-0.05, 0) is 25.1 Å². The van der Waals surface area contributed by atoms with Crippen molar-refractivity contribution in [1.82, 2.24) is 0 Å². The van der Waals surface area contributed by atoms with Crippen LogP contribution in [0.5, 0.6) is 0 Å². The molecule has 0 atom stereocenters. The van der Waals surface area contributed by atoms with Crippen molar-refractivity contribution in [3.63, 3.8) is 0 Å². The molecule has 3 nitrogen and oxygen atoms in total. The summed E-state index contributed by atoms with van der Waals surface area (Å²) in [6.45, 7) is 4.00. The summed E-state index contributed by atoms with van der Waals surface area (Å²) < 4.78 is 13.3. The summed E-state index contributed by atoms with van der Waals surface area (Å²) in [6, 6.07) is 6.10. The number of nitrogens with one attached hydrogen (secondary N) is 1. The summed E-state index contributed by atoms with van der Waals surface area (Å²) in [5, 5.41) is 2.57. The van der Waals surface area contributed by atoms with Gasteiger partial charge in [-0.2, -0.15) is 0 Å². The zero-order chi connectivity index (χ0) is 12.2. The van der Waals surface area contributed by atoms with Crippen LogP contribution >= 0.6 is 0 Å². The van der Waals surface area contributed by atoms with E-state index in [2.05, 4.69) is 5.32 Å². The first-order chi connectivity index (χ1) is 7.47. The minimum absolute atomic E-state index is 0.206. The Bertz CT molecular complexity index is 377. The molecule has 0 spiro atoms. The van der Waals surface area contributed by atoms with Crippen molar-refractivity contribution in [3.05, 3.63) is 30.1 Å². The van der Waals surface area contributed by atoms with E-state index >= 15 is 0 Å². The van der Waals surface area contributed by atoms with E-state index in [4.69, 9.17) is 5.73 Å². The second kappa shape index (κ2) is 5.07. The highest BCUT2D eigenvalue weighted by Crippen LogP contribution is 2.23. The molecule has 0 radical (unpaired) electrons. The second-order valence-electron chi connectivity index (χ2n) is 4.36. The third-order valence-corrected chi connectivity index (χ3v) is 2.51. The molecular weight excluding hydrogens is 207 g/mol. The van der Waals surface area contributed by atoms with Crippen LogP contribution in [-0.4, -0.2) is 12.5 Å². The van der Waals surface area contributed by atoms with Gasteiger partial charge in [0.25, 0.3) is 0 Å². The topological polar surface area (TPSA) is 55.1 Å². The number of amides is 1. The SMILES string of the molecule is CC(C)(CCN)C(=O)Nc1ccccc1F. The summed E-state index contributed by atoms with van der Waals surface area (Å²) in [5.74, 6) is -0.651. The first-order valence-corrected chi connectivity index (χ1v) is 5.23. The zero-order valence-corrected chi connectivity index (χ0v) is 9.59. The maximum Gasteiger partial charge on any atom is 0.230 e. The number of hydrogen-bond donors (Lipinski definition) is 2. The average molecular weight is 224 g/mol. The molecule has 0 aliphatic carbocycles. The zero-order valence-electron chi connectivity index (χ0n) is 9.59. The molecule has 0 bridgehead atoms. The van der Waals surface area contributed by atoms with Gasteiger partial charge in [0.1, 0.15) is 5.82 Å². The number of carbonyl (C=O) groups excluding carboxylic acids is 1. The lowest BCUT2D eigenvalue weighted by Gasteiger charge is -2.22. The molecule has 0 saturated carbocycles. The van der Waals surface area contributed by atoms with E-state index < -0.39 is 11.2 Å². The van der Waals surface area contributed by atoms with Gasteiger partial charge < -0.3 is 11.1 Å². The smallest absolute Gasteiger partial charge is 0.230 e. The Kier molecular flexibility index (Phi) is 4.01. The fourth-order valence-corrected chi connectivity index (χ4v) is 1.33. The average Bonchev–Trinajstić information content (AvgIpc) is 2.21. The maximum atomic E-state index is 13.3. The van der Waals surface area contributed by atoms with Crippen molar-refractivity contribution in [2.24, 2.45) is 11.1 Å². The predicted molar refractivity (Wildman–Crippen MR) is 62.5 cm³/mol. The van der Waals surface area contributed by atoms with Crippen LogP contribution in [0.2, 0.25) is 0 Å². The molecule has 0 heterocycles. The summed E-state index contributed by atoms with van der Waals surface area (Å²) in [4.78, 5) is 11.8. The highest BCUT2D eigenvalue weighted by Gasteiger charge is 2.27. The Balaban J connectivity index is 2.75. The molecule has 0 aliphatic rings. The second-order valence-corrected chi connectivity index (χ2v) is 4.36. The van der Waals surface area contributed by atoms with Gasteiger partial charge in [0.2, 0.25) is 5.91 Å². The molecule has 16 heavy (non-hydrogen) atoms. The van der Waals surface area contributed by atoms with Crippen molar-refractivity contribution in [2.75, 3.05) is 11.9 Å². The normalized spacial score (nSPS) is 11.2. The first kappa shape index (κ1) is 12.6. The molecule has 1 rings (SSSR count). The lowest BCUT2D eigenvalue weighted by Crippen LogP contribution is -2.33. The third-order valence-electron chi connectivity index (χ3n) is 2.51. The van der Waals surface area contributed by atoms with E-state index in [0.717, 1.165) is 0 Å². The van der Waals surface area contributed by atoms with Crippen LogP contribution in [0.1, 0.15) is 20.3 Å². The minimum Gasteiger partial charge on any atom is -0.330 e. The van der Waals surface area contributed by atoms with Crippen molar-refractivity contribution in [3.8, 4) is 0 Å². The lowest BCUT2D eigenvalue weighted by molar-refractivity contribution is -0.124. The molecule has 1 aromatic carbocycles. The largest absolute Gasteiger partial charge is 0.330 e. The van der Waals surface area contributed by atoms with E-state index in [1.165, 1.54) is 12.1 Å². The van der Waals surface area contributed by atoms with Gasteiger partial charge in [-0.25, -0.2) is 4.39 Å². The van der Waals surface area contributed by atoms with E-state index in [9.17, 15) is 9.18 Å². The van der Waals surface area contributed by atoms with E-state index in [1.807, 2.05) is 0 Å². The minimum atomic E-state index is -0.586. The van der Waals surface area contributed by atoms with Gasteiger partial charge >= 0.3 is 0 Å². The Morgan fingerprint density at radius 2 is 2.06 bits per heavy atom. The van der Waals surface area contributed by atoms with Gasteiger partial charge in [0, 0.05) is 5.41 Å². The summed E-state index contributed by atoms with van der Waals surface area (Å²) in [5.41, 5.74) is 5.04. The van der Waals surface area contributed by atoms with Gasteiger partial charge in [-0.1, -0.05) is 26.0 Å². The molecule has 1 amide bonds. The Hall–Kier alpha value is -1.42. The van der Waals surface area contributed by atoms with Crippen LogP contribution in [0.25, 0.3) is 0 Å². The number of carbonyl (C=O) groups is 1. The Morgan fingerprint density at radius 3 is 2.62 bits per heavy atom. The van der Waals surface area contributed by atoms with E-state index in [0.29, 0.717) is 13.0 Å². The summed E-state index contributed by atoms with van der Waals surface area (Å²) >= 11 is 0. The van der Waals surface area contributed by atoms with Crippen molar-refractivity contribution >= 4 is 11.6 Å². The highest BCUT2D eigenvalue weighted by atomic mass is 19.1.